The Morgan fingerprint density at radius 1 is 1.29 bits per heavy atom. The van der Waals surface area contributed by atoms with E-state index in [1.807, 2.05) is 56.3 Å². The topological polar surface area (TPSA) is 43.1 Å². The van der Waals surface area contributed by atoms with Crippen molar-refractivity contribution in [3.05, 3.63) is 60.4 Å². The Hall–Kier alpha value is -2.07. The monoisotopic (exact) mass is 339 g/mol. The minimum atomic E-state index is 0.0342. The molecule has 124 valence electrons. The molecule has 0 saturated heterocycles. The van der Waals surface area contributed by atoms with Crippen LogP contribution in [0.15, 0.2) is 64.3 Å². The van der Waals surface area contributed by atoms with Gasteiger partial charge in [0.25, 0.3) is 5.22 Å². The maximum Gasteiger partial charge on any atom is 0.256 e. The first kappa shape index (κ1) is 16.8. The van der Waals surface area contributed by atoms with E-state index in [0.29, 0.717) is 11.0 Å². The molecule has 0 fully saturated rings. The molecular weight excluding hydrogens is 318 g/mol. The minimum absolute atomic E-state index is 0.0342. The maximum absolute atomic E-state index is 11.9. The van der Waals surface area contributed by atoms with Crippen molar-refractivity contribution >= 4 is 17.5 Å². The van der Waals surface area contributed by atoms with Crippen molar-refractivity contribution in [3.8, 4) is 11.3 Å². The number of nitrogens with zero attached hydrogens (tertiary/aromatic N) is 1. The molecule has 1 aromatic carbocycles. The molecular formula is C20H21NO2S. The third kappa shape index (κ3) is 3.88. The first-order valence-corrected chi connectivity index (χ1v) is 9.18. The summed E-state index contributed by atoms with van der Waals surface area (Å²) in [4.78, 5) is 16.5. The summed E-state index contributed by atoms with van der Waals surface area (Å²) in [5.74, 6) is 1.70. The van der Waals surface area contributed by atoms with Crippen LogP contribution in [0.3, 0.4) is 0 Å². The van der Waals surface area contributed by atoms with E-state index in [9.17, 15) is 4.79 Å². The zero-order valence-electron chi connectivity index (χ0n) is 13.9. The molecule has 3 nitrogen and oxygen atoms in total. The lowest BCUT2D eigenvalue weighted by atomic mass is 9.95. The Kier molecular flexibility index (Phi) is 5.36. The summed E-state index contributed by atoms with van der Waals surface area (Å²) in [6.45, 7) is 3.83. The van der Waals surface area contributed by atoms with Gasteiger partial charge in [-0.3, -0.25) is 4.79 Å². The Labute approximate surface area is 146 Å². The molecule has 1 heterocycles. The number of benzene rings is 1. The predicted molar refractivity (Wildman–Crippen MR) is 98.1 cm³/mol. The van der Waals surface area contributed by atoms with Gasteiger partial charge in [-0.25, -0.2) is 4.98 Å². The number of oxazole rings is 1. The van der Waals surface area contributed by atoms with Crippen LogP contribution in [-0.4, -0.2) is 16.5 Å². The van der Waals surface area contributed by atoms with Crippen LogP contribution in [0.5, 0.6) is 0 Å². The number of Topliss-reactive ketones (excluding diaryl/α,β-unsaturated/α-hetero) is 1. The molecule has 0 spiro atoms. The molecule has 1 aliphatic rings. The van der Waals surface area contributed by atoms with Crippen molar-refractivity contribution in [1.82, 2.24) is 4.98 Å². The van der Waals surface area contributed by atoms with Gasteiger partial charge in [-0.15, -0.1) is 0 Å². The van der Waals surface area contributed by atoms with Crippen LogP contribution < -0.4 is 0 Å². The van der Waals surface area contributed by atoms with Crippen LogP contribution >= 0.6 is 11.8 Å². The molecule has 0 radical (unpaired) electrons. The number of ketones is 1. The summed E-state index contributed by atoms with van der Waals surface area (Å²) in [7, 11) is 0. The summed E-state index contributed by atoms with van der Waals surface area (Å²) in [5, 5.41) is 0.570. The van der Waals surface area contributed by atoms with Gasteiger partial charge in [-0.05, 0) is 6.42 Å². The van der Waals surface area contributed by atoms with E-state index in [-0.39, 0.29) is 17.6 Å². The molecule has 0 amide bonds. The third-order valence-electron chi connectivity index (χ3n) is 3.98. The number of thioether (sulfide) groups is 1. The second-order valence-corrected chi connectivity index (χ2v) is 7.05. The second-order valence-electron chi connectivity index (χ2n) is 6.12. The van der Waals surface area contributed by atoms with E-state index in [1.54, 1.807) is 0 Å². The number of carbonyl (C=O) groups excluding carboxylic acids is 1. The predicted octanol–water partition coefficient (Wildman–Crippen LogP) is 5.26. The van der Waals surface area contributed by atoms with E-state index in [2.05, 4.69) is 17.1 Å². The molecule has 1 aliphatic carbocycles. The fraction of sp³-hybridized carbons (Fsp3) is 0.300. The van der Waals surface area contributed by atoms with Crippen molar-refractivity contribution in [2.45, 2.75) is 31.4 Å². The standard InChI is InChI=1S/C20H21NO2S/c1-14(2)17(22)13-24-20-21-18(15-9-5-3-6-10-15)19(23-20)16-11-7-4-8-12-16/h3-11,14,16H,12-13H2,1-2H3. The molecule has 0 bridgehead atoms. The van der Waals surface area contributed by atoms with Crippen molar-refractivity contribution in [2.24, 2.45) is 5.92 Å². The highest BCUT2D eigenvalue weighted by molar-refractivity contribution is 7.99. The van der Waals surface area contributed by atoms with Crippen LogP contribution in [-0.2, 0) is 4.79 Å². The van der Waals surface area contributed by atoms with E-state index in [4.69, 9.17) is 4.42 Å². The molecule has 0 saturated carbocycles. The summed E-state index contributed by atoms with van der Waals surface area (Å²) in [6, 6.07) is 10.1. The summed E-state index contributed by atoms with van der Waals surface area (Å²) < 4.78 is 6.05. The maximum atomic E-state index is 11.9. The highest BCUT2D eigenvalue weighted by Crippen LogP contribution is 2.36. The Balaban J connectivity index is 1.89. The van der Waals surface area contributed by atoms with Crippen molar-refractivity contribution in [3.63, 3.8) is 0 Å². The highest BCUT2D eigenvalue weighted by Gasteiger charge is 2.22. The molecule has 0 aliphatic heterocycles. The highest BCUT2D eigenvalue weighted by atomic mass is 32.2. The molecule has 1 atom stereocenters. The summed E-state index contributed by atoms with van der Waals surface area (Å²) in [5.41, 5.74) is 1.92. The van der Waals surface area contributed by atoms with E-state index >= 15 is 0 Å². The molecule has 3 rings (SSSR count). The van der Waals surface area contributed by atoms with E-state index in [0.717, 1.165) is 23.4 Å². The molecule has 1 aromatic heterocycles. The lowest BCUT2D eigenvalue weighted by Gasteiger charge is -2.11. The van der Waals surface area contributed by atoms with E-state index < -0.39 is 0 Å². The fourth-order valence-corrected chi connectivity index (χ4v) is 3.41. The largest absolute Gasteiger partial charge is 0.435 e. The van der Waals surface area contributed by atoms with Crippen LogP contribution in [0.2, 0.25) is 0 Å². The average Bonchev–Trinajstić information content (AvgIpc) is 3.05. The number of hydrogen-bond donors (Lipinski definition) is 0. The molecule has 4 heteroatoms. The lowest BCUT2D eigenvalue weighted by Crippen LogP contribution is -2.09. The van der Waals surface area contributed by atoms with Gasteiger partial charge in [0, 0.05) is 17.4 Å². The Bertz CT molecular complexity index is 759. The van der Waals surface area contributed by atoms with Crippen LogP contribution in [0, 0.1) is 5.92 Å². The van der Waals surface area contributed by atoms with Gasteiger partial charge in [0.15, 0.2) is 0 Å². The van der Waals surface area contributed by atoms with Gasteiger partial charge in [0.1, 0.15) is 17.2 Å². The number of aromatic nitrogens is 1. The van der Waals surface area contributed by atoms with Crippen molar-refractivity contribution in [1.29, 1.82) is 0 Å². The van der Waals surface area contributed by atoms with Crippen LogP contribution in [0.25, 0.3) is 11.3 Å². The quantitative estimate of drug-likeness (QED) is 0.673. The molecule has 1 unspecified atom stereocenters. The third-order valence-corrected chi connectivity index (χ3v) is 4.83. The zero-order chi connectivity index (χ0) is 16.9. The average molecular weight is 339 g/mol. The lowest BCUT2D eigenvalue weighted by molar-refractivity contribution is -0.119. The van der Waals surface area contributed by atoms with Gasteiger partial charge in [0.2, 0.25) is 0 Å². The van der Waals surface area contributed by atoms with Gasteiger partial charge < -0.3 is 4.42 Å². The van der Waals surface area contributed by atoms with Crippen LogP contribution in [0.1, 0.15) is 31.9 Å². The smallest absolute Gasteiger partial charge is 0.256 e. The normalized spacial score (nSPS) is 16.7. The SMILES string of the molecule is CC(C)C(=O)CSc1nc(-c2ccccc2)c(C2C=CC=CC2)o1. The molecule has 24 heavy (non-hydrogen) atoms. The van der Waals surface area contributed by atoms with Crippen LogP contribution in [0.4, 0.5) is 0 Å². The summed E-state index contributed by atoms with van der Waals surface area (Å²) in [6.07, 6.45) is 9.27. The first-order valence-electron chi connectivity index (χ1n) is 8.20. The van der Waals surface area contributed by atoms with Crippen molar-refractivity contribution in [2.75, 3.05) is 5.75 Å². The van der Waals surface area contributed by atoms with Crippen molar-refractivity contribution < 1.29 is 9.21 Å². The summed E-state index contributed by atoms with van der Waals surface area (Å²) >= 11 is 1.38. The molecule has 0 N–H and O–H groups in total. The molecule has 2 aromatic rings. The first-order chi connectivity index (χ1) is 11.6. The van der Waals surface area contributed by atoms with Gasteiger partial charge in [-0.1, -0.05) is 80.2 Å². The zero-order valence-corrected chi connectivity index (χ0v) is 14.8. The number of hydrogen-bond acceptors (Lipinski definition) is 4. The van der Waals surface area contributed by atoms with Gasteiger partial charge >= 0.3 is 0 Å². The Morgan fingerprint density at radius 2 is 2.08 bits per heavy atom. The Morgan fingerprint density at radius 3 is 2.75 bits per heavy atom. The minimum Gasteiger partial charge on any atom is -0.435 e. The fourth-order valence-electron chi connectivity index (χ4n) is 2.50. The number of carbonyl (C=O) groups is 1. The number of allylic oxidation sites excluding steroid dienone is 4. The second kappa shape index (κ2) is 7.67. The number of rotatable bonds is 6. The van der Waals surface area contributed by atoms with E-state index in [1.165, 1.54) is 11.8 Å². The van der Waals surface area contributed by atoms with Gasteiger partial charge in [-0.2, -0.15) is 0 Å². The van der Waals surface area contributed by atoms with Gasteiger partial charge in [0.05, 0.1) is 5.75 Å².